The highest BCUT2D eigenvalue weighted by Gasteiger charge is 2.19. The maximum absolute atomic E-state index is 6.10. The van der Waals surface area contributed by atoms with Crippen LogP contribution in [-0.2, 0) is 6.42 Å². The van der Waals surface area contributed by atoms with Crippen LogP contribution >= 0.6 is 11.6 Å². The molecule has 1 aliphatic rings. The van der Waals surface area contributed by atoms with Crippen LogP contribution < -0.4 is 10.2 Å². The highest BCUT2D eigenvalue weighted by Crippen LogP contribution is 2.29. The van der Waals surface area contributed by atoms with Gasteiger partial charge < -0.3 is 10.2 Å². The topological polar surface area (TPSA) is 15.3 Å². The summed E-state index contributed by atoms with van der Waals surface area (Å²) in [5.41, 5.74) is 4.14. The predicted octanol–water partition coefficient (Wildman–Crippen LogP) is 4.05. The third-order valence-electron chi connectivity index (χ3n) is 4.27. The number of hydrogen-bond donors (Lipinski definition) is 1. The minimum atomic E-state index is 0.344. The molecule has 3 rings (SSSR count). The molecule has 1 heterocycles. The van der Waals surface area contributed by atoms with Gasteiger partial charge in [0.15, 0.2) is 0 Å². The second-order valence-corrected chi connectivity index (χ2v) is 5.99. The Kier molecular flexibility index (Phi) is 4.47. The number of hydrogen-bond acceptors (Lipinski definition) is 2. The summed E-state index contributed by atoms with van der Waals surface area (Å²) in [7, 11) is 2.02. The molecule has 0 radical (unpaired) electrons. The number of halogens is 1. The van der Waals surface area contributed by atoms with Crippen LogP contribution in [0.25, 0.3) is 0 Å². The zero-order valence-corrected chi connectivity index (χ0v) is 13.1. The van der Waals surface area contributed by atoms with Crippen LogP contribution in [0.3, 0.4) is 0 Å². The third-order valence-corrected chi connectivity index (χ3v) is 4.51. The van der Waals surface area contributed by atoms with Crippen molar-refractivity contribution in [2.24, 2.45) is 0 Å². The fourth-order valence-electron chi connectivity index (χ4n) is 3.12. The zero-order chi connectivity index (χ0) is 14.7. The van der Waals surface area contributed by atoms with E-state index in [9.17, 15) is 0 Å². The maximum Gasteiger partial charge on any atom is 0.0409 e. The summed E-state index contributed by atoms with van der Waals surface area (Å²) < 4.78 is 0. The fraction of sp³-hybridized carbons (Fsp3) is 0.333. The predicted molar refractivity (Wildman–Crippen MR) is 90.2 cm³/mol. The highest BCUT2D eigenvalue weighted by atomic mass is 35.5. The van der Waals surface area contributed by atoms with Crippen molar-refractivity contribution >= 4 is 17.3 Å². The number of rotatable bonds is 5. The molecular weight excluding hydrogens is 280 g/mol. The molecule has 1 N–H and O–H groups in total. The standard InChI is InChI=1S/C18H21ClN2/c1-20-17(15-6-4-7-16(19)13-15)10-12-21-11-9-14-5-2-3-8-18(14)21/h2-8,13,17,20H,9-12H2,1H3. The lowest BCUT2D eigenvalue weighted by molar-refractivity contribution is 0.545. The van der Waals surface area contributed by atoms with E-state index >= 15 is 0 Å². The van der Waals surface area contributed by atoms with Gasteiger partial charge in [-0.1, -0.05) is 41.9 Å². The first-order valence-corrected chi connectivity index (χ1v) is 7.91. The van der Waals surface area contributed by atoms with Crippen LogP contribution in [0.2, 0.25) is 5.02 Å². The molecule has 0 aliphatic carbocycles. The molecule has 1 unspecified atom stereocenters. The van der Waals surface area contributed by atoms with Crippen LogP contribution in [-0.4, -0.2) is 20.1 Å². The first-order chi connectivity index (χ1) is 10.3. The van der Waals surface area contributed by atoms with E-state index in [-0.39, 0.29) is 0 Å². The molecule has 0 bridgehead atoms. The molecule has 1 aliphatic heterocycles. The second-order valence-electron chi connectivity index (χ2n) is 5.55. The molecule has 0 amide bonds. The molecule has 2 aromatic carbocycles. The number of anilines is 1. The summed E-state index contributed by atoms with van der Waals surface area (Å²) in [6.45, 7) is 2.19. The Labute approximate surface area is 131 Å². The Bertz CT molecular complexity index is 612. The van der Waals surface area contributed by atoms with Gasteiger partial charge in [-0.05, 0) is 49.2 Å². The lowest BCUT2D eigenvalue weighted by Crippen LogP contribution is -2.27. The van der Waals surface area contributed by atoms with Crippen LogP contribution in [0.15, 0.2) is 48.5 Å². The van der Waals surface area contributed by atoms with E-state index in [1.165, 1.54) is 16.8 Å². The van der Waals surface area contributed by atoms with Crippen molar-refractivity contribution in [1.82, 2.24) is 5.32 Å². The molecular formula is C18H21ClN2. The molecule has 0 saturated carbocycles. The number of para-hydroxylation sites is 1. The molecule has 0 saturated heterocycles. The van der Waals surface area contributed by atoms with Gasteiger partial charge in [-0.3, -0.25) is 0 Å². The van der Waals surface area contributed by atoms with Crippen molar-refractivity contribution in [3.63, 3.8) is 0 Å². The normalized spacial score (nSPS) is 15.0. The molecule has 3 heteroatoms. The summed E-state index contributed by atoms with van der Waals surface area (Å²) in [5.74, 6) is 0. The van der Waals surface area contributed by atoms with Gasteiger partial charge in [-0.25, -0.2) is 0 Å². The number of nitrogens with one attached hydrogen (secondary N) is 1. The summed E-state index contributed by atoms with van der Waals surface area (Å²) >= 11 is 6.10. The quantitative estimate of drug-likeness (QED) is 0.896. The summed E-state index contributed by atoms with van der Waals surface area (Å²) in [5, 5.41) is 4.21. The smallest absolute Gasteiger partial charge is 0.0409 e. The second kappa shape index (κ2) is 6.50. The van der Waals surface area contributed by atoms with E-state index in [0.717, 1.165) is 31.0 Å². The summed E-state index contributed by atoms with van der Waals surface area (Å²) in [6, 6.07) is 17.2. The van der Waals surface area contributed by atoms with E-state index in [2.05, 4.69) is 46.6 Å². The van der Waals surface area contributed by atoms with E-state index in [1.807, 2.05) is 19.2 Å². The third kappa shape index (κ3) is 3.22. The molecule has 0 aromatic heterocycles. The van der Waals surface area contributed by atoms with Gasteiger partial charge in [0, 0.05) is 29.8 Å². The van der Waals surface area contributed by atoms with Gasteiger partial charge in [0.1, 0.15) is 0 Å². The van der Waals surface area contributed by atoms with Crippen LogP contribution in [0.4, 0.5) is 5.69 Å². The first kappa shape index (κ1) is 14.4. The van der Waals surface area contributed by atoms with Gasteiger partial charge in [0.2, 0.25) is 0 Å². The average molecular weight is 301 g/mol. The van der Waals surface area contributed by atoms with Gasteiger partial charge in [0.05, 0.1) is 0 Å². The lowest BCUT2D eigenvalue weighted by atomic mass is 10.0. The number of nitrogens with zero attached hydrogens (tertiary/aromatic N) is 1. The highest BCUT2D eigenvalue weighted by molar-refractivity contribution is 6.30. The Hall–Kier alpha value is -1.51. The van der Waals surface area contributed by atoms with Gasteiger partial charge in [-0.2, -0.15) is 0 Å². The van der Waals surface area contributed by atoms with Gasteiger partial charge in [-0.15, -0.1) is 0 Å². The Morgan fingerprint density at radius 3 is 2.86 bits per heavy atom. The zero-order valence-electron chi connectivity index (χ0n) is 12.3. The first-order valence-electron chi connectivity index (χ1n) is 7.53. The van der Waals surface area contributed by atoms with Crippen molar-refractivity contribution in [2.75, 3.05) is 25.0 Å². The minimum Gasteiger partial charge on any atom is -0.371 e. The molecule has 110 valence electrons. The SMILES string of the molecule is CNC(CCN1CCc2ccccc21)c1cccc(Cl)c1. The van der Waals surface area contributed by atoms with Crippen molar-refractivity contribution in [3.05, 3.63) is 64.7 Å². The Morgan fingerprint density at radius 1 is 1.19 bits per heavy atom. The number of benzene rings is 2. The average Bonchev–Trinajstić information content (AvgIpc) is 2.91. The van der Waals surface area contributed by atoms with E-state index in [0.29, 0.717) is 6.04 Å². The van der Waals surface area contributed by atoms with Gasteiger partial charge >= 0.3 is 0 Å². The Balaban J connectivity index is 1.67. The molecule has 0 spiro atoms. The number of fused-ring (bicyclic) bond motifs is 1. The van der Waals surface area contributed by atoms with Gasteiger partial charge in [0.25, 0.3) is 0 Å². The van der Waals surface area contributed by atoms with Crippen molar-refractivity contribution in [1.29, 1.82) is 0 Å². The van der Waals surface area contributed by atoms with Crippen LogP contribution in [0, 0.1) is 0 Å². The molecule has 0 fully saturated rings. The molecule has 1 atom stereocenters. The van der Waals surface area contributed by atoms with Crippen molar-refractivity contribution in [3.8, 4) is 0 Å². The minimum absolute atomic E-state index is 0.344. The van der Waals surface area contributed by atoms with E-state index < -0.39 is 0 Å². The van der Waals surface area contributed by atoms with Crippen molar-refractivity contribution in [2.45, 2.75) is 18.9 Å². The summed E-state index contributed by atoms with van der Waals surface area (Å²) in [4.78, 5) is 2.49. The molecule has 2 aromatic rings. The fourth-order valence-corrected chi connectivity index (χ4v) is 3.32. The molecule has 2 nitrogen and oxygen atoms in total. The monoisotopic (exact) mass is 300 g/mol. The maximum atomic E-state index is 6.10. The van der Waals surface area contributed by atoms with E-state index in [1.54, 1.807) is 0 Å². The lowest BCUT2D eigenvalue weighted by Gasteiger charge is -2.23. The van der Waals surface area contributed by atoms with Crippen LogP contribution in [0.5, 0.6) is 0 Å². The summed E-state index contributed by atoms with van der Waals surface area (Å²) in [6.07, 6.45) is 2.24. The molecule has 21 heavy (non-hydrogen) atoms. The Morgan fingerprint density at radius 2 is 2.05 bits per heavy atom. The largest absolute Gasteiger partial charge is 0.371 e. The van der Waals surface area contributed by atoms with E-state index in [4.69, 9.17) is 11.6 Å². The van der Waals surface area contributed by atoms with Crippen molar-refractivity contribution < 1.29 is 0 Å². The van der Waals surface area contributed by atoms with Crippen LogP contribution in [0.1, 0.15) is 23.6 Å².